The Hall–Kier alpha value is -4.58. The van der Waals surface area contributed by atoms with Crippen LogP contribution in [-0.4, -0.2) is 43.0 Å². The number of nitrogens with zero attached hydrogens (tertiary/aromatic N) is 3. The lowest BCUT2D eigenvalue weighted by molar-refractivity contribution is 0.0746. The number of nitrogens with one attached hydrogen (secondary N) is 1. The minimum absolute atomic E-state index is 0.000458. The number of rotatable bonds is 4. The number of amides is 3. The molecule has 0 bridgehead atoms. The van der Waals surface area contributed by atoms with Gasteiger partial charge in [0.15, 0.2) is 0 Å². The molecule has 0 saturated carbocycles. The van der Waals surface area contributed by atoms with Crippen molar-refractivity contribution in [1.29, 1.82) is 0 Å². The molecule has 6 nitrogen and oxygen atoms in total. The Morgan fingerprint density at radius 2 is 1.32 bits per heavy atom. The van der Waals surface area contributed by atoms with E-state index in [0.29, 0.717) is 25.2 Å². The quantitative estimate of drug-likeness (QED) is 0.304. The van der Waals surface area contributed by atoms with Crippen LogP contribution in [0.3, 0.4) is 0 Å². The molecule has 1 saturated heterocycles. The molecule has 1 N–H and O–H groups in total. The van der Waals surface area contributed by atoms with Crippen molar-refractivity contribution in [3.8, 4) is 11.1 Å². The zero-order chi connectivity index (χ0) is 28.7. The fourth-order valence-electron chi connectivity index (χ4n) is 6.26. The summed E-state index contributed by atoms with van der Waals surface area (Å²) in [5.74, 6) is -0.000458. The highest BCUT2D eigenvalue weighted by Gasteiger charge is 2.32. The molecule has 2 heterocycles. The molecule has 6 rings (SSSR count). The normalized spacial score (nSPS) is 15.0. The monoisotopic (exact) mass is 544 g/mol. The molecule has 0 unspecified atom stereocenters. The number of fused-ring (bicyclic) bond motifs is 1. The fraction of sp³-hybridized carbons (Fsp3) is 0.257. The van der Waals surface area contributed by atoms with E-state index in [0.717, 1.165) is 57.8 Å². The van der Waals surface area contributed by atoms with E-state index in [1.54, 1.807) is 4.90 Å². The third kappa shape index (κ3) is 4.84. The molecule has 4 aromatic rings. The highest BCUT2D eigenvalue weighted by atomic mass is 16.2. The van der Waals surface area contributed by atoms with Crippen LogP contribution in [0, 0.1) is 27.7 Å². The summed E-state index contributed by atoms with van der Waals surface area (Å²) in [6, 6.07) is 26.5. The second-order valence-electron chi connectivity index (χ2n) is 11.1. The third-order valence-corrected chi connectivity index (χ3v) is 8.46. The van der Waals surface area contributed by atoms with Crippen LogP contribution < -0.4 is 15.1 Å². The van der Waals surface area contributed by atoms with Crippen molar-refractivity contribution in [2.45, 2.75) is 34.2 Å². The lowest BCUT2D eigenvalue weighted by Gasteiger charge is -2.37. The molecule has 0 aliphatic carbocycles. The topological polar surface area (TPSA) is 55.9 Å². The minimum atomic E-state index is -0.179. The van der Waals surface area contributed by atoms with Crippen LogP contribution in [0.2, 0.25) is 0 Å². The van der Waals surface area contributed by atoms with Gasteiger partial charge >= 0.3 is 6.03 Å². The molecule has 0 spiro atoms. The Kier molecular flexibility index (Phi) is 7.00. The number of urea groups is 1. The molecule has 0 atom stereocenters. The third-order valence-electron chi connectivity index (χ3n) is 8.46. The van der Waals surface area contributed by atoms with Crippen LogP contribution in [0.25, 0.3) is 11.1 Å². The van der Waals surface area contributed by atoms with E-state index in [2.05, 4.69) is 60.5 Å². The molecular formula is C35H36N4O2. The summed E-state index contributed by atoms with van der Waals surface area (Å²) >= 11 is 0. The Balaban J connectivity index is 1.42. The molecule has 2 aliphatic heterocycles. The van der Waals surface area contributed by atoms with Gasteiger partial charge < -0.3 is 15.1 Å². The van der Waals surface area contributed by atoms with Gasteiger partial charge in [-0.1, -0.05) is 60.7 Å². The first-order valence-corrected chi connectivity index (χ1v) is 14.3. The maximum absolute atomic E-state index is 14.1. The highest BCUT2D eigenvalue weighted by Crippen LogP contribution is 2.42. The summed E-state index contributed by atoms with van der Waals surface area (Å²) in [5, 5.41) is 3.09. The zero-order valence-electron chi connectivity index (χ0n) is 24.2. The number of anilines is 3. The predicted molar refractivity (Wildman–Crippen MR) is 166 cm³/mol. The Morgan fingerprint density at radius 1 is 0.683 bits per heavy atom. The summed E-state index contributed by atoms with van der Waals surface area (Å²) in [5.41, 5.74) is 10.9. The molecule has 2 aliphatic rings. The van der Waals surface area contributed by atoms with Crippen molar-refractivity contribution in [3.05, 3.63) is 112 Å². The van der Waals surface area contributed by atoms with Crippen molar-refractivity contribution < 1.29 is 9.59 Å². The molecule has 4 aromatic carbocycles. The summed E-state index contributed by atoms with van der Waals surface area (Å²) < 4.78 is 0. The van der Waals surface area contributed by atoms with E-state index in [1.807, 2.05) is 61.2 Å². The second kappa shape index (κ2) is 10.8. The Morgan fingerprint density at radius 3 is 2.00 bits per heavy atom. The van der Waals surface area contributed by atoms with Crippen LogP contribution in [0.1, 0.15) is 38.2 Å². The first kappa shape index (κ1) is 26.6. The average Bonchev–Trinajstić information content (AvgIpc) is 2.98. The number of aryl methyl sites for hydroxylation is 4. The van der Waals surface area contributed by atoms with E-state index in [4.69, 9.17) is 0 Å². The van der Waals surface area contributed by atoms with E-state index < -0.39 is 0 Å². The van der Waals surface area contributed by atoms with Crippen molar-refractivity contribution in [1.82, 2.24) is 10.2 Å². The van der Waals surface area contributed by atoms with Crippen molar-refractivity contribution >= 4 is 29.0 Å². The van der Waals surface area contributed by atoms with Crippen LogP contribution >= 0.6 is 0 Å². The average molecular weight is 545 g/mol. The first-order chi connectivity index (χ1) is 19.8. The predicted octanol–water partition coefficient (Wildman–Crippen LogP) is 6.91. The van der Waals surface area contributed by atoms with E-state index >= 15 is 0 Å². The van der Waals surface area contributed by atoms with Gasteiger partial charge in [-0.25, -0.2) is 4.79 Å². The van der Waals surface area contributed by atoms with Gasteiger partial charge in [-0.15, -0.1) is 0 Å². The van der Waals surface area contributed by atoms with Gasteiger partial charge in [0.25, 0.3) is 5.91 Å². The van der Waals surface area contributed by atoms with Gasteiger partial charge in [0, 0.05) is 49.5 Å². The zero-order valence-corrected chi connectivity index (χ0v) is 24.2. The van der Waals surface area contributed by atoms with Crippen LogP contribution in [0.4, 0.5) is 21.9 Å². The number of hydrogen-bond donors (Lipinski definition) is 1. The SMILES string of the molecule is Cc1ccccc1-c1cc(C(=O)N2CCN(c3ccccc3C)CC2)cc2c1CNC(=O)N2c1c(C)cccc1C. The molecule has 3 amide bonds. The standard InChI is InChI=1S/C35H36N4O2/c1-23-10-5-7-14-28(23)29-20-27(34(40)38-18-16-37(17-19-38)31-15-8-6-11-24(31)2)21-32-30(29)22-36-35(41)39(32)33-25(3)12-9-13-26(33)4/h5-15,20-21H,16-19,22H2,1-4H3,(H,36,41). The van der Waals surface area contributed by atoms with Gasteiger partial charge in [-0.2, -0.15) is 0 Å². The number of piperazine rings is 1. The molecule has 0 aromatic heterocycles. The number of carbonyl (C=O) groups excluding carboxylic acids is 2. The lowest BCUT2D eigenvalue weighted by atomic mass is 9.90. The molecule has 208 valence electrons. The minimum Gasteiger partial charge on any atom is -0.368 e. The molecule has 0 radical (unpaired) electrons. The largest absolute Gasteiger partial charge is 0.368 e. The Bertz CT molecular complexity index is 1630. The highest BCUT2D eigenvalue weighted by molar-refractivity contribution is 6.07. The van der Waals surface area contributed by atoms with Crippen LogP contribution in [-0.2, 0) is 6.54 Å². The van der Waals surface area contributed by atoms with Gasteiger partial charge in [-0.3, -0.25) is 9.69 Å². The van der Waals surface area contributed by atoms with Crippen molar-refractivity contribution in [3.63, 3.8) is 0 Å². The maximum Gasteiger partial charge on any atom is 0.326 e. The molecule has 41 heavy (non-hydrogen) atoms. The van der Waals surface area contributed by atoms with Gasteiger partial charge in [0.2, 0.25) is 0 Å². The fourth-order valence-corrected chi connectivity index (χ4v) is 6.26. The summed E-state index contributed by atoms with van der Waals surface area (Å²) in [6.45, 7) is 11.5. The summed E-state index contributed by atoms with van der Waals surface area (Å²) in [7, 11) is 0. The number of hydrogen-bond acceptors (Lipinski definition) is 3. The van der Waals surface area contributed by atoms with E-state index in [1.165, 1.54) is 11.3 Å². The molecule has 6 heteroatoms. The second-order valence-corrected chi connectivity index (χ2v) is 11.1. The molecule has 1 fully saturated rings. The molecular weight excluding hydrogens is 508 g/mol. The smallest absolute Gasteiger partial charge is 0.326 e. The summed E-state index contributed by atoms with van der Waals surface area (Å²) in [6.07, 6.45) is 0. The number of carbonyl (C=O) groups is 2. The lowest BCUT2D eigenvalue weighted by Crippen LogP contribution is -2.49. The van der Waals surface area contributed by atoms with Crippen molar-refractivity contribution in [2.24, 2.45) is 0 Å². The van der Waals surface area contributed by atoms with E-state index in [-0.39, 0.29) is 11.9 Å². The number of para-hydroxylation sites is 2. The summed E-state index contributed by atoms with van der Waals surface area (Å²) in [4.78, 5) is 33.7. The van der Waals surface area contributed by atoms with Gasteiger partial charge in [-0.05, 0) is 79.3 Å². The maximum atomic E-state index is 14.1. The Labute approximate surface area is 242 Å². The number of benzene rings is 4. The first-order valence-electron chi connectivity index (χ1n) is 14.3. The van der Waals surface area contributed by atoms with Gasteiger partial charge in [0.05, 0.1) is 11.4 Å². The van der Waals surface area contributed by atoms with Crippen LogP contribution in [0.5, 0.6) is 0 Å². The van der Waals surface area contributed by atoms with Crippen LogP contribution in [0.15, 0.2) is 78.9 Å². The van der Waals surface area contributed by atoms with Gasteiger partial charge in [0.1, 0.15) is 0 Å². The van der Waals surface area contributed by atoms with Crippen molar-refractivity contribution in [2.75, 3.05) is 36.0 Å². The van der Waals surface area contributed by atoms with E-state index in [9.17, 15) is 9.59 Å².